The van der Waals surface area contributed by atoms with Crippen molar-refractivity contribution in [1.29, 1.82) is 0 Å². The summed E-state index contributed by atoms with van der Waals surface area (Å²) in [5, 5.41) is 12.5. The fourth-order valence-corrected chi connectivity index (χ4v) is 3.86. The molecule has 3 rings (SSSR count). The minimum absolute atomic E-state index is 0.128. The van der Waals surface area contributed by atoms with E-state index in [2.05, 4.69) is 27.3 Å². The van der Waals surface area contributed by atoms with Gasteiger partial charge in [-0.05, 0) is 53.0 Å². The summed E-state index contributed by atoms with van der Waals surface area (Å²) in [5.41, 5.74) is 1.15. The summed E-state index contributed by atoms with van der Waals surface area (Å²) in [4.78, 5) is 12.9. The molecule has 1 aliphatic heterocycles. The molecule has 24 heavy (non-hydrogen) atoms. The van der Waals surface area contributed by atoms with Gasteiger partial charge in [-0.25, -0.2) is 0 Å². The third kappa shape index (κ3) is 4.02. The second kappa shape index (κ2) is 7.72. The van der Waals surface area contributed by atoms with E-state index in [9.17, 15) is 4.79 Å². The fourth-order valence-electron chi connectivity index (χ4n) is 3.25. The van der Waals surface area contributed by atoms with Crippen molar-refractivity contribution in [2.75, 3.05) is 26.3 Å². The number of likely N-dealkylation sites (N-methyl/N-ethyl adjacent to an activating group) is 1. The highest BCUT2D eigenvalue weighted by atomic mass is 79.9. The maximum atomic E-state index is 10.9. The van der Waals surface area contributed by atoms with Gasteiger partial charge in [0.05, 0.1) is 11.0 Å². The minimum atomic E-state index is -0.755. The molecule has 0 aromatic heterocycles. The number of halogens is 1. The monoisotopic (exact) mass is 398 g/mol. The zero-order valence-electron chi connectivity index (χ0n) is 13.8. The zero-order valence-corrected chi connectivity index (χ0v) is 15.3. The van der Waals surface area contributed by atoms with E-state index in [0.717, 1.165) is 47.5 Å². The van der Waals surface area contributed by atoms with Gasteiger partial charge in [-0.15, -0.1) is 0 Å². The molecule has 1 aromatic rings. The topological polar surface area (TPSA) is 71.0 Å². The lowest BCUT2D eigenvalue weighted by molar-refractivity contribution is -0.139. The molecule has 0 unspecified atom stereocenters. The molecule has 1 aliphatic carbocycles. The van der Waals surface area contributed by atoms with Crippen molar-refractivity contribution in [3.8, 4) is 11.5 Å². The van der Waals surface area contributed by atoms with Crippen LogP contribution in [0, 0.1) is 0 Å². The van der Waals surface area contributed by atoms with Gasteiger partial charge in [0.15, 0.2) is 11.5 Å². The molecule has 1 fully saturated rings. The van der Waals surface area contributed by atoms with Gasteiger partial charge in [-0.2, -0.15) is 0 Å². The van der Waals surface area contributed by atoms with Crippen LogP contribution in [0.15, 0.2) is 16.6 Å². The number of carboxylic acids is 1. The van der Waals surface area contributed by atoms with Crippen molar-refractivity contribution in [2.45, 2.75) is 38.4 Å². The van der Waals surface area contributed by atoms with Crippen molar-refractivity contribution in [1.82, 2.24) is 10.2 Å². The molecule has 0 spiro atoms. The van der Waals surface area contributed by atoms with Crippen LogP contribution in [0.5, 0.6) is 11.5 Å². The number of hydrogen-bond donors (Lipinski definition) is 2. The molecule has 0 saturated heterocycles. The second-order valence-corrected chi connectivity index (χ2v) is 7.12. The Morgan fingerprint density at radius 2 is 2.12 bits per heavy atom. The van der Waals surface area contributed by atoms with E-state index in [1.165, 1.54) is 0 Å². The summed E-state index contributed by atoms with van der Waals surface area (Å²) >= 11 is 3.54. The lowest BCUT2D eigenvalue weighted by Crippen LogP contribution is -2.53. The molecule has 1 heterocycles. The summed E-state index contributed by atoms with van der Waals surface area (Å²) in [5.74, 6) is 0.813. The molecule has 0 amide bonds. The molecule has 2 aliphatic rings. The van der Waals surface area contributed by atoms with Crippen LogP contribution in [-0.4, -0.2) is 54.4 Å². The highest BCUT2D eigenvalue weighted by molar-refractivity contribution is 9.10. The van der Waals surface area contributed by atoms with Crippen LogP contribution < -0.4 is 14.8 Å². The summed E-state index contributed by atoms with van der Waals surface area (Å²) in [6, 6.07) is 4.88. The predicted molar refractivity (Wildman–Crippen MR) is 93.7 cm³/mol. The van der Waals surface area contributed by atoms with Gasteiger partial charge in [0, 0.05) is 18.6 Å². The highest BCUT2D eigenvalue weighted by Crippen LogP contribution is 2.38. The Labute approximate surface area is 150 Å². The second-order valence-electron chi connectivity index (χ2n) is 6.26. The number of aliphatic carboxylic acids is 1. The van der Waals surface area contributed by atoms with Crippen LogP contribution in [0.2, 0.25) is 0 Å². The standard InChI is InChI=1S/C17H23BrN2O4/c1-2-20(10-16(21)22)13-7-12(8-13)19-9-11-5-14(18)17-15(6-11)23-3-4-24-17/h5-6,12-13,19H,2-4,7-10H2,1H3,(H,21,22). The lowest BCUT2D eigenvalue weighted by Gasteiger charge is -2.42. The van der Waals surface area contributed by atoms with Crippen molar-refractivity contribution in [2.24, 2.45) is 0 Å². The lowest BCUT2D eigenvalue weighted by atomic mass is 9.85. The van der Waals surface area contributed by atoms with Crippen molar-refractivity contribution < 1.29 is 19.4 Å². The van der Waals surface area contributed by atoms with Crippen molar-refractivity contribution >= 4 is 21.9 Å². The molecule has 0 bridgehead atoms. The number of rotatable bonds is 7. The Bertz CT molecular complexity index is 604. The fraction of sp³-hybridized carbons (Fsp3) is 0.588. The van der Waals surface area contributed by atoms with E-state index >= 15 is 0 Å². The Balaban J connectivity index is 1.49. The van der Waals surface area contributed by atoms with E-state index < -0.39 is 5.97 Å². The summed E-state index contributed by atoms with van der Waals surface area (Å²) in [7, 11) is 0. The number of nitrogens with zero attached hydrogens (tertiary/aromatic N) is 1. The van der Waals surface area contributed by atoms with Crippen LogP contribution in [0.1, 0.15) is 25.3 Å². The summed E-state index contributed by atoms with van der Waals surface area (Å²) in [6.45, 7) is 4.84. The van der Waals surface area contributed by atoms with E-state index in [1.807, 2.05) is 17.9 Å². The molecule has 0 radical (unpaired) electrons. The quantitative estimate of drug-likeness (QED) is 0.733. The van der Waals surface area contributed by atoms with Gasteiger partial charge in [0.2, 0.25) is 0 Å². The number of carbonyl (C=O) groups is 1. The number of hydrogen-bond acceptors (Lipinski definition) is 5. The smallest absolute Gasteiger partial charge is 0.317 e. The Hall–Kier alpha value is -1.31. The van der Waals surface area contributed by atoms with Crippen LogP contribution in [0.25, 0.3) is 0 Å². The van der Waals surface area contributed by atoms with Crippen LogP contribution in [-0.2, 0) is 11.3 Å². The number of ether oxygens (including phenoxy) is 2. The van der Waals surface area contributed by atoms with Crippen LogP contribution in [0.3, 0.4) is 0 Å². The average Bonchev–Trinajstić information content (AvgIpc) is 2.52. The molecule has 132 valence electrons. The number of nitrogens with one attached hydrogen (secondary N) is 1. The Morgan fingerprint density at radius 3 is 2.83 bits per heavy atom. The Morgan fingerprint density at radius 1 is 1.38 bits per heavy atom. The largest absolute Gasteiger partial charge is 0.486 e. The normalized spacial score (nSPS) is 22.3. The van der Waals surface area contributed by atoms with Gasteiger partial charge in [0.1, 0.15) is 13.2 Å². The van der Waals surface area contributed by atoms with E-state index in [4.69, 9.17) is 14.6 Å². The van der Waals surface area contributed by atoms with Gasteiger partial charge >= 0.3 is 5.97 Å². The first-order chi connectivity index (χ1) is 11.6. The van der Waals surface area contributed by atoms with E-state index in [1.54, 1.807) is 0 Å². The van der Waals surface area contributed by atoms with Crippen LogP contribution >= 0.6 is 15.9 Å². The average molecular weight is 399 g/mol. The maximum absolute atomic E-state index is 10.9. The Kier molecular flexibility index (Phi) is 5.63. The predicted octanol–water partition coefficient (Wildman–Crippen LogP) is 2.25. The SMILES string of the molecule is CCN(CC(=O)O)C1CC(NCc2cc(Br)c3c(c2)OCCO3)C1. The van der Waals surface area contributed by atoms with Gasteiger partial charge < -0.3 is 19.9 Å². The number of carboxylic acid groups (broad SMARTS) is 1. The first kappa shape index (κ1) is 17.5. The number of fused-ring (bicyclic) bond motifs is 1. The minimum Gasteiger partial charge on any atom is -0.486 e. The number of benzene rings is 1. The molecule has 1 saturated carbocycles. The first-order valence-electron chi connectivity index (χ1n) is 8.34. The zero-order chi connectivity index (χ0) is 17.1. The third-order valence-corrected chi connectivity index (χ3v) is 5.21. The molecular weight excluding hydrogens is 376 g/mol. The highest BCUT2D eigenvalue weighted by Gasteiger charge is 2.33. The van der Waals surface area contributed by atoms with E-state index in [0.29, 0.717) is 25.3 Å². The maximum Gasteiger partial charge on any atom is 0.317 e. The van der Waals surface area contributed by atoms with Gasteiger partial charge in [-0.3, -0.25) is 9.69 Å². The van der Waals surface area contributed by atoms with Crippen molar-refractivity contribution in [3.63, 3.8) is 0 Å². The van der Waals surface area contributed by atoms with Gasteiger partial charge in [0.25, 0.3) is 0 Å². The molecule has 6 nitrogen and oxygen atoms in total. The molecule has 1 aromatic carbocycles. The molecular formula is C17H23BrN2O4. The van der Waals surface area contributed by atoms with Crippen molar-refractivity contribution in [3.05, 3.63) is 22.2 Å². The first-order valence-corrected chi connectivity index (χ1v) is 9.13. The van der Waals surface area contributed by atoms with Gasteiger partial charge in [-0.1, -0.05) is 6.92 Å². The summed E-state index contributed by atoms with van der Waals surface area (Å²) < 4.78 is 12.2. The molecule has 0 atom stereocenters. The molecule has 7 heteroatoms. The molecule has 2 N–H and O–H groups in total. The third-order valence-electron chi connectivity index (χ3n) is 4.63. The van der Waals surface area contributed by atoms with E-state index in [-0.39, 0.29) is 6.54 Å². The van der Waals surface area contributed by atoms with Crippen LogP contribution in [0.4, 0.5) is 0 Å². The summed E-state index contributed by atoms with van der Waals surface area (Å²) in [6.07, 6.45) is 1.99.